The summed E-state index contributed by atoms with van der Waals surface area (Å²) in [6, 6.07) is 7.61. The fraction of sp³-hybridized carbons (Fsp3) is 0.556. The third-order valence-electron chi connectivity index (χ3n) is 3.76. The van der Waals surface area contributed by atoms with Crippen molar-refractivity contribution >= 4 is 5.91 Å². The molecule has 0 aliphatic rings. The van der Waals surface area contributed by atoms with Gasteiger partial charge in [0.05, 0.1) is 13.2 Å². The topological polar surface area (TPSA) is 74.6 Å². The summed E-state index contributed by atoms with van der Waals surface area (Å²) in [6.45, 7) is 8.26. The number of amides is 1. The van der Waals surface area contributed by atoms with Crippen LogP contribution in [0, 0.1) is 11.3 Å². The summed E-state index contributed by atoms with van der Waals surface area (Å²) >= 11 is 0. The summed E-state index contributed by atoms with van der Waals surface area (Å²) in [7, 11) is 1.62. The number of likely N-dealkylation sites (N-methyl/N-ethyl adjacent to an activating group) is 1. The second kappa shape index (κ2) is 11.3. The molecule has 0 aromatic heterocycles. The van der Waals surface area contributed by atoms with Gasteiger partial charge in [0.15, 0.2) is 11.5 Å². The Balaban J connectivity index is 2.52. The lowest BCUT2D eigenvalue weighted by atomic mass is 10.1. The Bertz CT molecular complexity index is 551. The molecule has 0 saturated heterocycles. The largest absolute Gasteiger partial charge is 0.493 e. The first-order valence-corrected chi connectivity index (χ1v) is 8.30. The van der Waals surface area contributed by atoms with E-state index in [9.17, 15) is 4.79 Å². The first-order valence-electron chi connectivity index (χ1n) is 8.30. The zero-order valence-corrected chi connectivity index (χ0v) is 14.8. The number of rotatable bonds is 11. The number of nitrogens with zero attached hydrogens (tertiary/aromatic N) is 2. The fourth-order valence-electron chi connectivity index (χ4n) is 2.29. The molecule has 0 radical (unpaired) electrons. The third kappa shape index (κ3) is 6.88. The van der Waals surface area contributed by atoms with E-state index < -0.39 is 0 Å². The van der Waals surface area contributed by atoms with Gasteiger partial charge in [0, 0.05) is 13.1 Å². The SMILES string of the molecule is CCN(CC)CCOc1ccc(CCNC(=O)CC#N)cc1OC. The fourth-order valence-corrected chi connectivity index (χ4v) is 2.29. The Morgan fingerprint density at radius 1 is 1.29 bits per heavy atom. The third-order valence-corrected chi connectivity index (χ3v) is 3.76. The summed E-state index contributed by atoms with van der Waals surface area (Å²) in [5, 5.41) is 11.1. The van der Waals surface area contributed by atoms with Gasteiger partial charge in [-0.3, -0.25) is 4.79 Å². The van der Waals surface area contributed by atoms with Crippen molar-refractivity contribution in [3.8, 4) is 17.6 Å². The number of carbonyl (C=O) groups is 1. The highest BCUT2D eigenvalue weighted by molar-refractivity contribution is 5.77. The van der Waals surface area contributed by atoms with E-state index in [0.717, 1.165) is 30.9 Å². The molecule has 24 heavy (non-hydrogen) atoms. The molecule has 0 bridgehead atoms. The lowest BCUT2D eigenvalue weighted by molar-refractivity contribution is -0.120. The van der Waals surface area contributed by atoms with Gasteiger partial charge >= 0.3 is 0 Å². The summed E-state index contributed by atoms with van der Waals surface area (Å²) in [5.74, 6) is 1.16. The summed E-state index contributed by atoms with van der Waals surface area (Å²) in [4.78, 5) is 13.5. The van der Waals surface area contributed by atoms with Gasteiger partial charge in [-0.05, 0) is 37.2 Å². The molecule has 0 spiro atoms. The van der Waals surface area contributed by atoms with Gasteiger partial charge < -0.3 is 19.7 Å². The predicted octanol–water partition coefficient (Wildman–Crippen LogP) is 1.99. The molecule has 0 unspecified atom stereocenters. The number of nitrogens with one attached hydrogen (secondary N) is 1. The number of ether oxygens (including phenoxy) is 2. The molecular weight excluding hydrogens is 306 g/mol. The molecule has 0 heterocycles. The summed E-state index contributed by atoms with van der Waals surface area (Å²) in [5.41, 5.74) is 1.04. The van der Waals surface area contributed by atoms with Crippen LogP contribution in [0.2, 0.25) is 0 Å². The predicted molar refractivity (Wildman–Crippen MR) is 93.2 cm³/mol. The van der Waals surface area contributed by atoms with Crippen molar-refractivity contribution in [1.29, 1.82) is 5.26 Å². The van der Waals surface area contributed by atoms with Crippen molar-refractivity contribution in [3.63, 3.8) is 0 Å². The number of hydrogen-bond acceptors (Lipinski definition) is 5. The number of methoxy groups -OCH3 is 1. The van der Waals surface area contributed by atoms with Crippen LogP contribution in [0.1, 0.15) is 25.8 Å². The van der Waals surface area contributed by atoms with Crippen LogP contribution in [0.25, 0.3) is 0 Å². The van der Waals surface area contributed by atoms with Gasteiger partial charge in [-0.15, -0.1) is 0 Å². The van der Waals surface area contributed by atoms with Gasteiger partial charge in [0.2, 0.25) is 5.91 Å². The molecule has 0 atom stereocenters. The molecular formula is C18H27N3O3. The quantitative estimate of drug-likeness (QED) is 0.670. The summed E-state index contributed by atoms with van der Waals surface area (Å²) in [6.07, 6.45) is 0.565. The van der Waals surface area contributed by atoms with Crippen molar-refractivity contribution < 1.29 is 14.3 Å². The molecule has 6 heteroatoms. The average molecular weight is 333 g/mol. The van der Waals surface area contributed by atoms with Crippen LogP contribution in [0.5, 0.6) is 11.5 Å². The van der Waals surface area contributed by atoms with Crippen LogP contribution in [-0.4, -0.2) is 50.7 Å². The highest BCUT2D eigenvalue weighted by atomic mass is 16.5. The first-order chi connectivity index (χ1) is 11.6. The van der Waals surface area contributed by atoms with Gasteiger partial charge in [-0.2, -0.15) is 5.26 Å². The zero-order chi connectivity index (χ0) is 17.8. The van der Waals surface area contributed by atoms with Crippen molar-refractivity contribution in [2.24, 2.45) is 0 Å². The molecule has 1 amide bonds. The normalized spacial score (nSPS) is 10.3. The van der Waals surface area contributed by atoms with Crippen LogP contribution in [-0.2, 0) is 11.2 Å². The number of carbonyl (C=O) groups excluding carboxylic acids is 1. The van der Waals surface area contributed by atoms with Crippen molar-refractivity contribution in [3.05, 3.63) is 23.8 Å². The minimum Gasteiger partial charge on any atom is -0.493 e. The van der Waals surface area contributed by atoms with E-state index in [1.807, 2.05) is 24.3 Å². The second-order valence-electron chi connectivity index (χ2n) is 5.30. The Hall–Kier alpha value is -2.26. The molecule has 0 fully saturated rings. The number of hydrogen-bond donors (Lipinski definition) is 1. The molecule has 0 aliphatic heterocycles. The van der Waals surface area contributed by atoms with Gasteiger partial charge in [-0.25, -0.2) is 0 Å². The lowest BCUT2D eigenvalue weighted by Crippen LogP contribution is -2.28. The Morgan fingerprint density at radius 3 is 2.67 bits per heavy atom. The van der Waals surface area contributed by atoms with Crippen molar-refractivity contribution in [1.82, 2.24) is 10.2 Å². The van der Waals surface area contributed by atoms with Crippen LogP contribution >= 0.6 is 0 Å². The zero-order valence-electron chi connectivity index (χ0n) is 14.8. The molecule has 1 aromatic carbocycles. The minimum absolute atomic E-state index is 0.108. The van der Waals surface area contributed by atoms with Crippen LogP contribution in [0.3, 0.4) is 0 Å². The van der Waals surface area contributed by atoms with Crippen molar-refractivity contribution in [2.75, 3.05) is 39.9 Å². The molecule has 132 valence electrons. The van der Waals surface area contributed by atoms with E-state index in [2.05, 4.69) is 24.1 Å². The maximum atomic E-state index is 11.3. The van der Waals surface area contributed by atoms with E-state index in [0.29, 0.717) is 25.3 Å². The Labute approximate surface area is 144 Å². The van der Waals surface area contributed by atoms with E-state index in [4.69, 9.17) is 14.7 Å². The monoisotopic (exact) mass is 333 g/mol. The van der Waals surface area contributed by atoms with Gasteiger partial charge in [-0.1, -0.05) is 19.9 Å². The van der Waals surface area contributed by atoms with Crippen LogP contribution in [0.15, 0.2) is 18.2 Å². The van der Waals surface area contributed by atoms with Gasteiger partial charge in [0.1, 0.15) is 13.0 Å². The highest BCUT2D eigenvalue weighted by Gasteiger charge is 2.07. The second-order valence-corrected chi connectivity index (χ2v) is 5.30. The molecule has 6 nitrogen and oxygen atoms in total. The van der Waals surface area contributed by atoms with E-state index in [1.165, 1.54) is 0 Å². The van der Waals surface area contributed by atoms with Crippen LogP contribution in [0.4, 0.5) is 0 Å². The average Bonchev–Trinajstić information content (AvgIpc) is 2.59. The number of benzene rings is 1. The maximum Gasteiger partial charge on any atom is 0.234 e. The van der Waals surface area contributed by atoms with Crippen LogP contribution < -0.4 is 14.8 Å². The van der Waals surface area contributed by atoms with Gasteiger partial charge in [0.25, 0.3) is 0 Å². The molecule has 0 aliphatic carbocycles. The molecule has 1 aromatic rings. The smallest absolute Gasteiger partial charge is 0.234 e. The minimum atomic E-state index is -0.249. The van der Waals surface area contributed by atoms with E-state index in [-0.39, 0.29) is 12.3 Å². The molecule has 1 N–H and O–H groups in total. The standard InChI is InChI=1S/C18H27N3O3/c1-4-21(5-2)12-13-24-16-7-6-15(14-17(16)23-3)9-11-20-18(22)8-10-19/h6-7,14H,4-5,8-9,11-13H2,1-3H3,(H,20,22). The highest BCUT2D eigenvalue weighted by Crippen LogP contribution is 2.28. The number of nitriles is 1. The first kappa shape index (κ1) is 19.8. The maximum absolute atomic E-state index is 11.3. The lowest BCUT2D eigenvalue weighted by Gasteiger charge is -2.19. The van der Waals surface area contributed by atoms with E-state index >= 15 is 0 Å². The van der Waals surface area contributed by atoms with E-state index in [1.54, 1.807) is 7.11 Å². The van der Waals surface area contributed by atoms with Crippen molar-refractivity contribution in [2.45, 2.75) is 26.7 Å². The Morgan fingerprint density at radius 2 is 2.04 bits per heavy atom. The summed E-state index contributed by atoms with van der Waals surface area (Å²) < 4.78 is 11.2. The Kier molecular flexibility index (Phi) is 9.32. The molecule has 1 rings (SSSR count). The molecule has 0 saturated carbocycles.